The van der Waals surface area contributed by atoms with Crippen molar-refractivity contribution in [2.45, 2.75) is 51.4 Å². The topological polar surface area (TPSA) is 43.4 Å². The van der Waals surface area contributed by atoms with E-state index in [1.54, 1.807) is 0 Å². The molecule has 0 saturated carbocycles. The molecule has 0 N–H and O–H groups in total. The first kappa shape index (κ1) is 14.7. The summed E-state index contributed by atoms with van der Waals surface area (Å²) in [5, 5.41) is 0. The van der Waals surface area contributed by atoms with Crippen molar-refractivity contribution in [2.24, 2.45) is 0 Å². The first-order chi connectivity index (χ1) is 8.74. The maximum absolute atomic E-state index is 11.3. The van der Waals surface area contributed by atoms with E-state index in [0.29, 0.717) is 18.6 Å². The number of ketones is 1. The standard InChI is InChI=1S/C15H22O3/c1-18-15(17)12-7-5-3-2-4-6-9-13-10-8-11-14(13)16/h4,6,10H,2-3,5,7-9,11-12H2,1H3/b6-4-. The van der Waals surface area contributed by atoms with Gasteiger partial charge in [-0.05, 0) is 37.7 Å². The van der Waals surface area contributed by atoms with Crippen molar-refractivity contribution >= 4 is 11.8 Å². The Bertz CT molecular complexity index is 340. The quantitative estimate of drug-likeness (QED) is 0.377. The fourth-order valence-electron chi connectivity index (χ4n) is 1.99. The number of allylic oxidation sites excluding steroid dienone is 4. The fraction of sp³-hybridized carbons (Fsp3) is 0.600. The van der Waals surface area contributed by atoms with Crippen LogP contribution >= 0.6 is 0 Å². The van der Waals surface area contributed by atoms with E-state index < -0.39 is 0 Å². The van der Waals surface area contributed by atoms with Crippen LogP contribution in [0.25, 0.3) is 0 Å². The van der Waals surface area contributed by atoms with Gasteiger partial charge in [0.25, 0.3) is 0 Å². The van der Waals surface area contributed by atoms with Gasteiger partial charge in [-0.3, -0.25) is 9.59 Å². The summed E-state index contributed by atoms with van der Waals surface area (Å²) in [5.74, 6) is 0.176. The SMILES string of the molecule is COC(=O)CCCCC/C=C\CC1=CCCC1=O. The number of esters is 1. The van der Waals surface area contributed by atoms with Gasteiger partial charge in [-0.2, -0.15) is 0 Å². The number of ether oxygens (including phenoxy) is 1. The van der Waals surface area contributed by atoms with Crippen molar-refractivity contribution in [2.75, 3.05) is 7.11 Å². The average molecular weight is 250 g/mol. The Balaban J connectivity index is 1.97. The number of carbonyl (C=O) groups is 2. The number of hydrogen-bond donors (Lipinski definition) is 0. The molecule has 1 rings (SSSR count). The van der Waals surface area contributed by atoms with Gasteiger partial charge < -0.3 is 4.74 Å². The van der Waals surface area contributed by atoms with Crippen LogP contribution in [0.15, 0.2) is 23.8 Å². The molecule has 0 radical (unpaired) electrons. The minimum atomic E-state index is -0.128. The van der Waals surface area contributed by atoms with Crippen LogP contribution in [-0.2, 0) is 14.3 Å². The summed E-state index contributed by atoms with van der Waals surface area (Å²) in [5.41, 5.74) is 0.969. The molecule has 0 spiro atoms. The van der Waals surface area contributed by atoms with Gasteiger partial charge >= 0.3 is 5.97 Å². The molecule has 18 heavy (non-hydrogen) atoms. The summed E-state index contributed by atoms with van der Waals surface area (Å²) >= 11 is 0. The van der Waals surface area contributed by atoms with Crippen molar-refractivity contribution in [3.8, 4) is 0 Å². The lowest BCUT2D eigenvalue weighted by atomic mass is 10.1. The summed E-state index contributed by atoms with van der Waals surface area (Å²) < 4.78 is 4.57. The van der Waals surface area contributed by atoms with Gasteiger partial charge in [-0.15, -0.1) is 0 Å². The maximum atomic E-state index is 11.3. The molecule has 100 valence electrons. The van der Waals surface area contributed by atoms with Gasteiger partial charge in [0.2, 0.25) is 0 Å². The van der Waals surface area contributed by atoms with E-state index in [1.807, 2.05) is 6.08 Å². The van der Waals surface area contributed by atoms with Gasteiger partial charge in [0.05, 0.1) is 7.11 Å². The zero-order valence-corrected chi connectivity index (χ0v) is 11.1. The van der Waals surface area contributed by atoms with E-state index in [0.717, 1.165) is 44.1 Å². The number of rotatable bonds is 8. The van der Waals surface area contributed by atoms with Gasteiger partial charge in [0, 0.05) is 12.8 Å². The Morgan fingerprint density at radius 1 is 1.33 bits per heavy atom. The van der Waals surface area contributed by atoms with Gasteiger partial charge in [-0.25, -0.2) is 0 Å². The summed E-state index contributed by atoms with van der Waals surface area (Å²) in [6.07, 6.45) is 13.2. The molecule has 0 aliphatic heterocycles. The van der Waals surface area contributed by atoms with Crippen LogP contribution in [0.2, 0.25) is 0 Å². The third kappa shape index (κ3) is 5.80. The molecule has 3 heteroatoms. The van der Waals surface area contributed by atoms with E-state index >= 15 is 0 Å². The van der Waals surface area contributed by atoms with E-state index in [2.05, 4.69) is 16.9 Å². The Morgan fingerprint density at radius 2 is 2.17 bits per heavy atom. The van der Waals surface area contributed by atoms with Crippen LogP contribution < -0.4 is 0 Å². The van der Waals surface area contributed by atoms with Gasteiger partial charge in [0.15, 0.2) is 5.78 Å². The highest BCUT2D eigenvalue weighted by Gasteiger charge is 2.12. The van der Waals surface area contributed by atoms with Crippen molar-refractivity contribution in [3.05, 3.63) is 23.8 Å². The molecular weight excluding hydrogens is 228 g/mol. The number of unbranched alkanes of at least 4 members (excludes halogenated alkanes) is 3. The molecule has 0 aromatic rings. The second-order valence-corrected chi connectivity index (χ2v) is 4.54. The van der Waals surface area contributed by atoms with Crippen LogP contribution in [-0.4, -0.2) is 18.9 Å². The van der Waals surface area contributed by atoms with E-state index in [1.165, 1.54) is 7.11 Å². The molecule has 0 fully saturated rings. The Labute approximate surface area is 109 Å². The fourth-order valence-corrected chi connectivity index (χ4v) is 1.99. The lowest BCUT2D eigenvalue weighted by Gasteiger charge is -1.98. The molecule has 0 aromatic carbocycles. The normalized spacial score (nSPS) is 15.2. The molecule has 0 amide bonds. The summed E-state index contributed by atoms with van der Waals surface area (Å²) in [6, 6.07) is 0. The molecule has 0 aromatic heterocycles. The smallest absolute Gasteiger partial charge is 0.305 e. The molecule has 3 nitrogen and oxygen atoms in total. The Hall–Kier alpha value is -1.38. The van der Waals surface area contributed by atoms with Crippen LogP contribution in [0.3, 0.4) is 0 Å². The van der Waals surface area contributed by atoms with E-state index in [4.69, 9.17) is 0 Å². The first-order valence-corrected chi connectivity index (χ1v) is 6.68. The zero-order valence-electron chi connectivity index (χ0n) is 11.1. The molecule has 0 unspecified atom stereocenters. The highest BCUT2D eigenvalue weighted by atomic mass is 16.5. The molecule has 1 aliphatic carbocycles. The van der Waals surface area contributed by atoms with Crippen molar-refractivity contribution < 1.29 is 14.3 Å². The monoisotopic (exact) mass is 250 g/mol. The Kier molecular flexibility index (Phi) is 7.07. The van der Waals surface area contributed by atoms with Crippen LogP contribution in [0.5, 0.6) is 0 Å². The molecule has 0 heterocycles. The third-order valence-corrected chi connectivity index (χ3v) is 3.10. The number of hydrogen-bond acceptors (Lipinski definition) is 3. The average Bonchev–Trinajstić information content (AvgIpc) is 2.78. The minimum Gasteiger partial charge on any atom is -0.469 e. The van der Waals surface area contributed by atoms with Crippen LogP contribution in [0, 0.1) is 0 Å². The lowest BCUT2D eigenvalue weighted by molar-refractivity contribution is -0.140. The molecular formula is C15H22O3. The Morgan fingerprint density at radius 3 is 2.83 bits per heavy atom. The molecule has 0 saturated heterocycles. The van der Waals surface area contributed by atoms with E-state index in [-0.39, 0.29) is 5.97 Å². The van der Waals surface area contributed by atoms with Crippen molar-refractivity contribution in [3.63, 3.8) is 0 Å². The van der Waals surface area contributed by atoms with Gasteiger partial charge in [-0.1, -0.05) is 24.6 Å². The van der Waals surface area contributed by atoms with Crippen LogP contribution in [0.4, 0.5) is 0 Å². The summed E-state index contributed by atoms with van der Waals surface area (Å²) in [6.45, 7) is 0. The molecule has 1 aliphatic rings. The first-order valence-electron chi connectivity index (χ1n) is 6.68. The third-order valence-electron chi connectivity index (χ3n) is 3.10. The maximum Gasteiger partial charge on any atom is 0.305 e. The largest absolute Gasteiger partial charge is 0.469 e. The molecule has 0 atom stereocenters. The lowest BCUT2D eigenvalue weighted by Crippen LogP contribution is -1.98. The number of carbonyl (C=O) groups excluding carboxylic acids is 2. The predicted molar refractivity (Wildman–Crippen MR) is 71.2 cm³/mol. The second-order valence-electron chi connectivity index (χ2n) is 4.54. The zero-order chi connectivity index (χ0) is 13.2. The van der Waals surface area contributed by atoms with Gasteiger partial charge in [0.1, 0.15) is 0 Å². The second kappa shape index (κ2) is 8.67. The number of Topliss-reactive ketones (excluding diaryl/α,β-unsaturated/α-hetero) is 1. The predicted octanol–water partition coefficient (Wildman–Crippen LogP) is 3.35. The highest BCUT2D eigenvalue weighted by Crippen LogP contribution is 2.17. The summed E-state index contributed by atoms with van der Waals surface area (Å²) in [7, 11) is 1.42. The van der Waals surface area contributed by atoms with Crippen molar-refractivity contribution in [1.29, 1.82) is 0 Å². The summed E-state index contributed by atoms with van der Waals surface area (Å²) in [4.78, 5) is 22.2. The minimum absolute atomic E-state index is 0.128. The number of methoxy groups -OCH3 is 1. The van der Waals surface area contributed by atoms with Crippen LogP contribution in [0.1, 0.15) is 51.4 Å². The highest BCUT2D eigenvalue weighted by molar-refractivity contribution is 5.97. The van der Waals surface area contributed by atoms with E-state index in [9.17, 15) is 9.59 Å². The van der Waals surface area contributed by atoms with Crippen molar-refractivity contribution in [1.82, 2.24) is 0 Å². The molecule has 0 bridgehead atoms.